The van der Waals surface area contributed by atoms with Crippen LogP contribution in [0.5, 0.6) is 0 Å². The molecule has 2 amide bonds. The quantitative estimate of drug-likeness (QED) is 0.535. The molecule has 1 aliphatic heterocycles. The van der Waals surface area contributed by atoms with E-state index in [0.717, 1.165) is 17.1 Å². The van der Waals surface area contributed by atoms with Crippen LogP contribution in [-0.4, -0.2) is 34.7 Å². The van der Waals surface area contributed by atoms with Gasteiger partial charge in [0.25, 0.3) is 0 Å². The summed E-state index contributed by atoms with van der Waals surface area (Å²) >= 11 is 0. The first kappa shape index (κ1) is 20.7. The largest absolute Gasteiger partial charge is 0.467 e. The van der Waals surface area contributed by atoms with E-state index in [4.69, 9.17) is 8.83 Å². The van der Waals surface area contributed by atoms with Gasteiger partial charge in [0.2, 0.25) is 11.8 Å². The molecule has 0 saturated carbocycles. The molecule has 2 aromatic heterocycles. The molecule has 0 aliphatic carbocycles. The lowest BCUT2D eigenvalue weighted by Gasteiger charge is -2.33. The minimum absolute atomic E-state index is 0.0159. The number of likely N-dealkylation sites (tertiary alicyclic amines) is 1. The summed E-state index contributed by atoms with van der Waals surface area (Å²) in [6.45, 7) is 1.93. The van der Waals surface area contributed by atoms with E-state index >= 15 is 0 Å². The van der Waals surface area contributed by atoms with Crippen LogP contribution in [0.25, 0.3) is 6.08 Å². The van der Waals surface area contributed by atoms with Gasteiger partial charge >= 0.3 is 0 Å². The van der Waals surface area contributed by atoms with Crippen molar-refractivity contribution in [3.05, 3.63) is 90.3 Å². The van der Waals surface area contributed by atoms with E-state index in [2.05, 4.69) is 0 Å². The standard InChI is InChI=1S/C25H26N2O4/c28-24(11-10-20-6-2-1-3-7-20)26-14-12-21(13-15-26)25(29)27(18-22-8-4-16-30-22)19-23-9-5-17-31-23/h1-11,16-17,21H,12-15,18-19H2/b11-10+. The average Bonchev–Trinajstić information content (AvgIpc) is 3.52. The molecule has 3 heterocycles. The van der Waals surface area contributed by atoms with Gasteiger partial charge in [0, 0.05) is 25.1 Å². The molecule has 0 spiro atoms. The molecule has 31 heavy (non-hydrogen) atoms. The van der Waals surface area contributed by atoms with Crippen molar-refractivity contribution in [2.45, 2.75) is 25.9 Å². The van der Waals surface area contributed by atoms with Gasteiger partial charge in [-0.15, -0.1) is 0 Å². The van der Waals surface area contributed by atoms with Crippen LogP contribution in [0.3, 0.4) is 0 Å². The first-order valence-electron chi connectivity index (χ1n) is 10.5. The predicted octanol–water partition coefficient (Wildman–Crippen LogP) is 4.35. The van der Waals surface area contributed by atoms with Crippen molar-refractivity contribution in [3.8, 4) is 0 Å². The van der Waals surface area contributed by atoms with E-state index in [0.29, 0.717) is 39.0 Å². The summed E-state index contributed by atoms with van der Waals surface area (Å²) in [7, 11) is 0. The molecular formula is C25H26N2O4. The second-order valence-electron chi connectivity index (χ2n) is 7.70. The third-order valence-corrected chi connectivity index (χ3v) is 5.54. The number of amides is 2. The van der Waals surface area contributed by atoms with Gasteiger partial charge in [0.1, 0.15) is 11.5 Å². The average molecular weight is 418 g/mol. The summed E-state index contributed by atoms with van der Waals surface area (Å²) < 4.78 is 10.9. The Bertz CT molecular complexity index is 949. The Hall–Kier alpha value is -3.54. The first-order valence-corrected chi connectivity index (χ1v) is 10.5. The van der Waals surface area contributed by atoms with Gasteiger partial charge < -0.3 is 18.6 Å². The third kappa shape index (κ3) is 5.54. The second-order valence-corrected chi connectivity index (χ2v) is 7.70. The van der Waals surface area contributed by atoms with Crippen molar-refractivity contribution < 1.29 is 18.4 Å². The number of rotatable bonds is 7. The molecule has 6 heteroatoms. The van der Waals surface area contributed by atoms with Crippen LogP contribution >= 0.6 is 0 Å². The van der Waals surface area contributed by atoms with Crippen molar-refractivity contribution >= 4 is 17.9 Å². The molecule has 3 aromatic rings. The highest BCUT2D eigenvalue weighted by Crippen LogP contribution is 2.23. The van der Waals surface area contributed by atoms with Gasteiger partial charge in [-0.3, -0.25) is 9.59 Å². The van der Waals surface area contributed by atoms with E-state index in [1.54, 1.807) is 23.5 Å². The molecule has 1 aliphatic rings. The Morgan fingerprint density at radius 1 is 0.903 bits per heavy atom. The number of carbonyl (C=O) groups is 2. The summed E-state index contributed by atoms with van der Waals surface area (Å²) in [5, 5.41) is 0. The normalized spacial score (nSPS) is 14.8. The fourth-order valence-corrected chi connectivity index (χ4v) is 3.84. The maximum absolute atomic E-state index is 13.3. The van der Waals surface area contributed by atoms with Gasteiger partial charge in [0.15, 0.2) is 0 Å². The molecule has 1 aromatic carbocycles. The van der Waals surface area contributed by atoms with Crippen LogP contribution < -0.4 is 0 Å². The van der Waals surface area contributed by atoms with Crippen molar-refractivity contribution in [2.24, 2.45) is 5.92 Å². The molecule has 0 N–H and O–H groups in total. The zero-order chi connectivity index (χ0) is 21.5. The summed E-state index contributed by atoms with van der Waals surface area (Å²) in [5.41, 5.74) is 0.993. The van der Waals surface area contributed by atoms with Crippen LogP contribution in [0.4, 0.5) is 0 Å². The van der Waals surface area contributed by atoms with Crippen molar-refractivity contribution in [2.75, 3.05) is 13.1 Å². The number of piperidine rings is 1. The molecule has 1 saturated heterocycles. The SMILES string of the molecule is O=C(/C=C/c1ccccc1)N1CCC(C(=O)N(Cc2ccco2)Cc2ccco2)CC1. The van der Waals surface area contributed by atoms with Crippen LogP contribution in [0.15, 0.2) is 82.0 Å². The Labute approximate surface area is 181 Å². The smallest absolute Gasteiger partial charge is 0.246 e. The van der Waals surface area contributed by atoms with Gasteiger partial charge in [-0.05, 0) is 48.7 Å². The summed E-state index contributed by atoms with van der Waals surface area (Å²) in [5.74, 6) is 1.40. The zero-order valence-corrected chi connectivity index (χ0v) is 17.4. The minimum atomic E-state index is -0.118. The van der Waals surface area contributed by atoms with E-state index in [1.165, 1.54) is 0 Å². The number of hydrogen-bond donors (Lipinski definition) is 0. The monoisotopic (exact) mass is 418 g/mol. The summed E-state index contributed by atoms with van der Waals surface area (Å²) in [6, 6.07) is 17.1. The van der Waals surface area contributed by atoms with Crippen LogP contribution in [-0.2, 0) is 22.7 Å². The Kier molecular flexibility index (Phi) is 6.67. The third-order valence-electron chi connectivity index (χ3n) is 5.54. The molecular weight excluding hydrogens is 392 g/mol. The lowest BCUT2D eigenvalue weighted by atomic mass is 9.95. The van der Waals surface area contributed by atoms with Crippen LogP contribution in [0.1, 0.15) is 29.9 Å². The molecule has 160 valence electrons. The molecule has 0 bridgehead atoms. The van der Waals surface area contributed by atoms with Gasteiger partial charge in [-0.25, -0.2) is 0 Å². The molecule has 4 rings (SSSR count). The Morgan fingerprint density at radius 3 is 2.06 bits per heavy atom. The van der Waals surface area contributed by atoms with Gasteiger partial charge in [-0.1, -0.05) is 30.3 Å². The van der Waals surface area contributed by atoms with Crippen LogP contribution in [0.2, 0.25) is 0 Å². The summed E-state index contributed by atoms with van der Waals surface area (Å²) in [4.78, 5) is 29.4. The fraction of sp³-hybridized carbons (Fsp3) is 0.280. The zero-order valence-electron chi connectivity index (χ0n) is 17.4. The highest BCUT2D eigenvalue weighted by atomic mass is 16.3. The van der Waals surface area contributed by atoms with Crippen molar-refractivity contribution in [3.63, 3.8) is 0 Å². The van der Waals surface area contributed by atoms with Crippen molar-refractivity contribution in [1.29, 1.82) is 0 Å². The fourth-order valence-electron chi connectivity index (χ4n) is 3.84. The van der Waals surface area contributed by atoms with Gasteiger partial charge in [0.05, 0.1) is 25.6 Å². The Balaban J connectivity index is 1.35. The second kappa shape index (κ2) is 9.98. The molecule has 6 nitrogen and oxygen atoms in total. The van der Waals surface area contributed by atoms with E-state index < -0.39 is 0 Å². The number of nitrogens with zero attached hydrogens (tertiary/aromatic N) is 2. The van der Waals surface area contributed by atoms with Crippen LogP contribution in [0, 0.1) is 5.92 Å². The first-order chi connectivity index (χ1) is 15.2. The molecule has 0 atom stereocenters. The molecule has 0 radical (unpaired) electrons. The van der Waals surface area contributed by atoms with E-state index in [-0.39, 0.29) is 17.7 Å². The minimum Gasteiger partial charge on any atom is -0.467 e. The maximum Gasteiger partial charge on any atom is 0.246 e. The highest BCUT2D eigenvalue weighted by molar-refractivity contribution is 5.92. The molecule has 1 fully saturated rings. The Morgan fingerprint density at radius 2 is 1.52 bits per heavy atom. The van der Waals surface area contributed by atoms with E-state index in [9.17, 15) is 9.59 Å². The number of benzene rings is 1. The number of hydrogen-bond acceptors (Lipinski definition) is 4. The van der Waals surface area contributed by atoms with E-state index in [1.807, 2.05) is 65.6 Å². The van der Waals surface area contributed by atoms with Crippen molar-refractivity contribution in [1.82, 2.24) is 9.80 Å². The predicted molar refractivity (Wildman–Crippen MR) is 116 cm³/mol. The lowest BCUT2D eigenvalue weighted by Crippen LogP contribution is -2.43. The number of furan rings is 2. The lowest BCUT2D eigenvalue weighted by molar-refractivity contribution is -0.141. The highest BCUT2D eigenvalue weighted by Gasteiger charge is 2.30. The summed E-state index contributed by atoms with van der Waals surface area (Å²) in [6.07, 6.45) is 7.95. The molecule has 0 unspecified atom stereocenters. The topological polar surface area (TPSA) is 66.9 Å². The maximum atomic E-state index is 13.3. The van der Waals surface area contributed by atoms with Gasteiger partial charge in [-0.2, -0.15) is 0 Å². The number of carbonyl (C=O) groups excluding carboxylic acids is 2.